The Balaban J connectivity index is 2.35. The fourth-order valence-electron chi connectivity index (χ4n) is 1.72. The van der Waals surface area contributed by atoms with Crippen LogP contribution in [0.3, 0.4) is 0 Å². The van der Waals surface area contributed by atoms with Crippen molar-refractivity contribution >= 4 is 12.2 Å². The van der Waals surface area contributed by atoms with E-state index in [0.29, 0.717) is 0 Å². The predicted molar refractivity (Wildman–Crippen MR) is 45.6 cm³/mol. The molecule has 0 unspecified atom stereocenters. The van der Waals surface area contributed by atoms with Crippen molar-refractivity contribution in [3.63, 3.8) is 0 Å². The summed E-state index contributed by atoms with van der Waals surface area (Å²) in [5.41, 5.74) is 0. The minimum Gasteiger partial charge on any atom is -0.359 e. The fraction of sp³-hybridized carbons (Fsp3) is 0.778. The number of rotatable bonds is 2. The second-order valence-electron chi connectivity index (χ2n) is 3.36. The standard InChI is InChI=1S/C9H15NO2/c1-10-9(12)8-4-2-7(6-11)3-5-8/h6-8H,2-5H2,1H3,(H,10,12). The summed E-state index contributed by atoms with van der Waals surface area (Å²) in [5, 5.41) is 2.64. The van der Waals surface area contributed by atoms with Gasteiger partial charge in [-0.3, -0.25) is 4.79 Å². The van der Waals surface area contributed by atoms with Crippen LogP contribution in [0.4, 0.5) is 0 Å². The van der Waals surface area contributed by atoms with Crippen LogP contribution >= 0.6 is 0 Å². The van der Waals surface area contributed by atoms with Gasteiger partial charge in [-0.15, -0.1) is 0 Å². The third-order valence-corrected chi connectivity index (χ3v) is 2.58. The summed E-state index contributed by atoms with van der Waals surface area (Å²) in [7, 11) is 1.66. The highest BCUT2D eigenvalue weighted by Gasteiger charge is 2.24. The van der Waals surface area contributed by atoms with E-state index in [-0.39, 0.29) is 17.7 Å². The molecule has 0 aliphatic heterocycles. The molecule has 1 aliphatic carbocycles. The molecule has 1 saturated carbocycles. The molecule has 0 heterocycles. The maximum Gasteiger partial charge on any atom is 0.222 e. The van der Waals surface area contributed by atoms with Crippen molar-refractivity contribution in [2.75, 3.05) is 7.05 Å². The Morgan fingerprint density at radius 1 is 1.33 bits per heavy atom. The van der Waals surface area contributed by atoms with E-state index in [1.165, 1.54) is 0 Å². The molecule has 3 nitrogen and oxygen atoms in total. The van der Waals surface area contributed by atoms with Crippen LogP contribution in [0, 0.1) is 11.8 Å². The zero-order chi connectivity index (χ0) is 8.97. The molecule has 0 aromatic heterocycles. The van der Waals surface area contributed by atoms with Crippen molar-refractivity contribution in [1.82, 2.24) is 5.32 Å². The van der Waals surface area contributed by atoms with E-state index in [4.69, 9.17) is 0 Å². The SMILES string of the molecule is CNC(=O)C1CCC(C=O)CC1. The summed E-state index contributed by atoms with van der Waals surface area (Å²) in [4.78, 5) is 21.6. The Morgan fingerprint density at radius 3 is 2.33 bits per heavy atom. The minimum atomic E-state index is 0.124. The molecule has 0 radical (unpaired) electrons. The van der Waals surface area contributed by atoms with Crippen LogP contribution < -0.4 is 5.32 Å². The molecule has 0 atom stereocenters. The van der Waals surface area contributed by atoms with Crippen LogP contribution in [0.25, 0.3) is 0 Å². The van der Waals surface area contributed by atoms with Crippen LogP contribution in [0.5, 0.6) is 0 Å². The summed E-state index contributed by atoms with van der Waals surface area (Å²) in [6.45, 7) is 0. The zero-order valence-corrected chi connectivity index (χ0v) is 7.38. The van der Waals surface area contributed by atoms with Crippen molar-refractivity contribution < 1.29 is 9.59 Å². The Labute approximate surface area is 72.5 Å². The molecule has 0 aromatic rings. The third kappa shape index (κ3) is 2.06. The Bertz CT molecular complexity index is 171. The number of amides is 1. The average molecular weight is 169 g/mol. The summed E-state index contributed by atoms with van der Waals surface area (Å²) in [6.07, 6.45) is 4.50. The van der Waals surface area contributed by atoms with Crippen molar-refractivity contribution in [2.45, 2.75) is 25.7 Å². The van der Waals surface area contributed by atoms with Gasteiger partial charge in [0.2, 0.25) is 5.91 Å². The van der Waals surface area contributed by atoms with Gasteiger partial charge in [-0.1, -0.05) is 0 Å². The Hall–Kier alpha value is -0.860. The molecule has 1 aliphatic rings. The highest BCUT2D eigenvalue weighted by atomic mass is 16.1. The summed E-state index contributed by atoms with van der Waals surface area (Å²) in [5.74, 6) is 0.469. The van der Waals surface area contributed by atoms with Crippen molar-refractivity contribution in [2.24, 2.45) is 11.8 Å². The highest BCUT2D eigenvalue weighted by molar-refractivity contribution is 5.78. The molecule has 1 rings (SSSR count). The van der Waals surface area contributed by atoms with Crippen molar-refractivity contribution in [3.05, 3.63) is 0 Å². The molecule has 0 bridgehead atoms. The molecule has 0 aromatic carbocycles. The lowest BCUT2D eigenvalue weighted by Gasteiger charge is -2.23. The first-order valence-corrected chi connectivity index (χ1v) is 4.44. The van der Waals surface area contributed by atoms with Crippen LogP contribution in [-0.4, -0.2) is 19.2 Å². The molecular weight excluding hydrogens is 154 g/mol. The smallest absolute Gasteiger partial charge is 0.222 e. The lowest BCUT2D eigenvalue weighted by Crippen LogP contribution is -2.30. The van der Waals surface area contributed by atoms with Gasteiger partial charge < -0.3 is 10.1 Å². The van der Waals surface area contributed by atoms with E-state index in [1.807, 2.05) is 0 Å². The number of aldehydes is 1. The first kappa shape index (κ1) is 9.23. The molecule has 1 N–H and O–H groups in total. The lowest BCUT2D eigenvalue weighted by molar-refractivity contribution is -0.126. The topological polar surface area (TPSA) is 46.2 Å². The van der Waals surface area contributed by atoms with E-state index in [1.54, 1.807) is 7.05 Å². The van der Waals surface area contributed by atoms with Crippen LogP contribution in [0.1, 0.15) is 25.7 Å². The molecular formula is C9H15NO2. The van der Waals surface area contributed by atoms with Gasteiger partial charge in [0, 0.05) is 18.9 Å². The van der Waals surface area contributed by atoms with E-state index >= 15 is 0 Å². The molecule has 0 spiro atoms. The molecule has 0 saturated heterocycles. The Kier molecular flexibility index (Phi) is 3.26. The molecule has 1 fully saturated rings. The van der Waals surface area contributed by atoms with Gasteiger partial charge in [0.05, 0.1) is 0 Å². The number of hydrogen-bond donors (Lipinski definition) is 1. The highest BCUT2D eigenvalue weighted by Crippen LogP contribution is 2.27. The quantitative estimate of drug-likeness (QED) is 0.620. The second-order valence-corrected chi connectivity index (χ2v) is 3.36. The van der Waals surface area contributed by atoms with E-state index < -0.39 is 0 Å². The van der Waals surface area contributed by atoms with E-state index in [2.05, 4.69) is 5.32 Å². The molecule has 1 amide bonds. The van der Waals surface area contributed by atoms with Gasteiger partial charge in [-0.05, 0) is 25.7 Å². The van der Waals surface area contributed by atoms with Crippen LogP contribution in [0.15, 0.2) is 0 Å². The van der Waals surface area contributed by atoms with Gasteiger partial charge in [0.25, 0.3) is 0 Å². The van der Waals surface area contributed by atoms with Crippen LogP contribution in [0.2, 0.25) is 0 Å². The summed E-state index contributed by atoms with van der Waals surface area (Å²) < 4.78 is 0. The van der Waals surface area contributed by atoms with Crippen molar-refractivity contribution in [3.8, 4) is 0 Å². The van der Waals surface area contributed by atoms with Gasteiger partial charge in [-0.2, -0.15) is 0 Å². The third-order valence-electron chi connectivity index (χ3n) is 2.58. The van der Waals surface area contributed by atoms with Crippen molar-refractivity contribution in [1.29, 1.82) is 0 Å². The number of nitrogens with one attached hydrogen (secondary N) is 1. The molecule has 12 heavy (non-hydrogen) atoms. The predicted octanol–water partition coefficient (Wildman–Crippen LogP) is 0.738. The maximum atomic E-state index is 11.2. The first-order valence-electron chi connectivity index (χ1n) is 4.44. The van der Waals surface area contributed by atoms with Gasteiger partial charge in [0.1, 0.15) is 6.29 Å². The maximum absolute atomic E-state index is 11.2. The van der Waals surface area contributed by atoms with Gasteiger partial charge in [0.15, 0.2) is 0 Å². The number of hydrogen-bond acceptors (Lipinski definition) is 2. The normalized spacial score (nSPS) is 29.4. The molecule has 68 valence electrons. The monoisotopic (exact) mass is 169 g/mol. The number of carbonyl (C=O) groups is 2. The van der Waals surface area contributed by atoms with E-state index in [0.717, 1.165) is 32.0 Å². The zero-order valence-electron chi connectivity index (χ0n) is 7.38. The van der Waals surface area contributed by atoms with E-state index in [9.17, 15) is 9.59 Å². The Morgan fingerprint density at radius 2 is 1.92 bits per heavy atom. The average Bonchev–Trinajstić information content (AvgIpc) is 2.17. The van der Waals surface area contributed by atoms with Gasteiger partial charge in [-0.25, -0.2) is 0 Å². The minimum absolute atomic E-state index is 0.124. The first-order chi connectivity index (χ1) is 5.77. The number of carbonyl (C=O) groups excluding carboxylic acids is 2. The summed E-state index contributed by atoms with van der Waals surface area (Å²) in [6, 6.07) is 0. The largest absolute Gasteiger partial charge is 0.359 e. The lowest BCUT2D eigenvalue weighted by atomic mass is 9.82. The molecule has 3 heteroatoms. The second kappa shape index (κ2) is 4.24. The van der Waals surface area contributed by atoms with Crippen LogP contribution in [-0.2, 0) is 9.59 Å². The summed E-state index contributed by atoms with van der Waals surface area (Å²) >= 11 is 0. The fourth-order valence-corrected chi connectivity index (χ4v) is 1.72. The van der Waals surface area contributed by atoms with Gasteiger partial charge >= 0.3 is 0 Å².